The molecule has 0 bridgehead atoms. The molecule has 2 heterocycles. The smallest absolute Gasteiger partial charge is 0.0375 e. The van der Waals surface area contributed by atoms with Gasteiger partial charge in [-0.05, 0) is 56.0 Å². The van der Waals surface area contributed by atoms with Gasteiger partial charge in [0.05, 0.1) is 0 Å². The molecule has 2 nitrogen and oxygen atoms in total. The van der Waals surface area contributed by atoms with Gasteiger partial charge in [-0.1, -0.05) is 6.07 Å². The first-order valence-corrected chi connectivity index (χ1v) is 6.80. The molecule has 1 unspecified atom stereocenters. The standard InChI is InChI=1S/C14H18N2S/c1-11-10-12(7-8-16-11)14(15-2)6-5-13-4-3-9-17-13/h3-4,7-10,14-15H,5-6H2,1-2H3. The normalized spacial score (nSPS) is 12.6. The molecule has 2 rings (SSSR count). The van der Waals surface area contributed by atoms with Crippen LogP contribution in [0.1, 0.15) is 28.6 Å². The first-order valence-electron chi connectivity index (χ1n) is 5.92. The Kier molecular flexibility index (Phi) is 4.29. The van der Waals surface area contributed by atoms with Crippen molar-refractivity contribution in [3.05, 3.63) is 52.0 Å². The predicted octanol–water partition coefficient (Wildman–Crippen LogP) is 3.34. The Hall–Kier alpha value is -1.19. The number of nitrogens with one attached hydrogen (secondary N) is 1. The van der Waals surface area contributed by atoms with Gasteiger partial charge in [-0.3, -0.25) is 4.98 Å². The lowest BCUT2D eigenvalue weighted by Gasteiger charge is -2.16. The van der Waals surface area contributed by atoms with Gasteiger partial charge in [0.25, 0.3) is 0 Å². The number of aryl methyl sites for hydroxylation is 2. The SMILES string of the molecule is CNC(CCc1cccs1)c1ccnc(C)c1. The van der Waals surface area contributed by atoms with E-state index < -0.39 is 0 Å². The Balaban J connectivity index is 2.01. The molecular weight excluding hydrogens is 228 g/mol. The molecule has 0 aliphatic heterocycles. The number of rotatable bonds is 5. The minimum absolute atomic E-state index is 0.416. The molecule has 2 aromatic rings. The van der Waals surface area contributed by atoms with Crippen LogP contribution in [-0.2, 0) is 6.42 Å². The van der Waals surface area contributed by atoms with Crippen LogP contribution in [0.4, 0.5) is 0 Å². The average molecular weight is 246 g/mol. The van der Waals surface area contributed by atoms with Crippen LogP contribution in [0, 0.1) is 6.92 Å². The Morgan fingerprint density at radius 2 is 2.29 bits per heavy atom. The number of pyridine rings is 1. The zero-order valence-corrected chi connectivity index (χ0v) is 11.1. The third-order valence-corrected chi connectivity index (χ3v) is 3.87. The topological polar surface area (TPSA) is 24.9 Å². The van der Waals surface area contributed by atoms with Crippen molar-refractivity contribution in [2.45, 2.75) is 25.8 Å². The number of hydrogen-bond donors (Lipinski definition) is 1. The molecule has 17 heavy (non-hydrogen) atoms. The van der Waals surface area contributed by atoms with Crippen LogP contribution in [0.25, 0.3) is 0 Å². The summed E-state index contributed by atoms with van der Waals surface area (Å²) in [4.78, 5) is 5.70. The van der Waals surface area contributed by atoms with Gasteiger partial charge in [0.2, 0.25) is 0 Å². The monoisotopic (exact) mass is 246 g/mol. The Labute approximate surface area is 107 Å². The van der Waals surface area contributed by atoms with Gasteiger partial charge in [-0.15, -0.1) is 11.3 Å². The average Bonchev–Trinajstić information content (AvgIpc) is 2.83. The van der Waals surface area contributed by atoms with Crippen molar-refractivity contribution in [1.29, 1.82) is 0 Å². The van der Waals surface area contributed by atoms with Crippen molar-refractivity contribution >= 4 is 11.3 Å². The van der Waals surface area contributed by atoms with E-state index in [1.165, 1.54) is 10.4 Å². The van der Waals surface area contributed by atoms with E-state index in [0.717, 1.165) is 18.5 Å². The fourth-order valence-electron chi connectivity index (χ4n) is 2.00. The van der Waals surface area contributed by atoms with Crippen LogP contribution in [-0.4, -0.2) is 12.0 Å². The van der Waals surface area contributed by atoms with Gasteiger partial charge >= 0.3 is 0 Å². The second-order valence-corrected chi connectivity index (χ2v) is 5.22. The summed E-state index contributed by atoms with van der Waals surface area (Å²) in [5.74, 6) is 0. The zero-order chi connectivity index (χ0) is 12.1. The molecule has 90 valence electrons. The van der Waals surface area contributed by atoms with E-state index in [1.807, 2.05) is 31.5 Å². The molecule has 0 aromatic carbocycles. The van der Waals surface area contributed by atoms with E-state index in [1.54, 1.807) is 0 Å². The summed E-state index contributed by atoms with van der Waals surface area (Å²) >= 11 is 1.83. The number of aromatic nitrogens is 1. The molecule has 0 radical (unpaired) electrons. The summed E-state index contributed by atoms with van der Waals surface area (Å²) in [6.45, 7) is 2.04. The van der Waals surface area contributed by atoms with E-state index >= 15 is 0 Å². The lowest BCUT2D eigenvalue weighted by Crippen LogP contribution is -2.17. The van der Waals surface area contributed by atoms with Gasteiger partial charge in [-0.2, -0.15) is 0 Å². The molecule has 2 aromatic heterocycles. The highest BCUT2D eigenvalue weighted by Crippen LogP contribution is 2.20. The van der Waals surface area contributed by atoms with E-state index in [2.05, 4.69) is 39.9 Å². The molecule has 3 heteroatoms. The minimum Gasteiger partial charge on any atom is -0.313 e. The van der Waals surface area contributed by atoms with Gasteiger partial charge in [0.15, 0.2) is 0 Å². The summed E-state index contributed by atoms with van der Waals surface area (Å²) in [5.41, 5.74) is 2.41. The molecule has 0 aliphatic rings. The van der Waals surface area contributed by atoms with Crippen molar-refractivity contribution < 1.29 is 0 Å². The van der Waals surface area contributed by atoms with Crippen molar-refractivity contribution in [2.24, 2.45) is 0 Å². The van der Waals surface area contributed by atoms with E-state index in [9.17, 15) is 0 Å². The highest BCUT2D eigenvalue weighted by Gasteiger charge is 2.09. The molecule has 0 amide bonds. The van der Waals surface area contributed by atoms with E-state index in [-0.39, 0.29) is 0 Å². The summed E-state index contributed by atoms with van der Waals surface area (Å²) < 4.78 is 0. The maximum absolute atomic E-state index is 4.24. The van der Waals surface area contributed by atoms with Crippen molar-refractivity contribution in [3.8, 4) is 0 Å². The number of thiophene rings is 1. The number of hydrogen-bond acceptors (Lipinski definition) is 3. The Morgan fingerprint density at radius 1 is 1.41 bits per heavy atom. The second kappa shape index (κ2) is 5.94. The fraction of sp³-hybridized carbons (Fsp3) is 0.357. The molecule has 0 saturated carbocycles. The molecule has 0 aliphatic carbocycles. The summed E-state index contributed by atoms with van der Waals surface area (Å²) in [6, 6.07) is 9.00. The second-order valence-electron chi connectivity index (χ2n) is 4.19. The van der Waals surface area contributed by atoms with Gasteiger partial charge < -0.3 is 5.32 Å². The van der Waals surface area contributed by atoms with E-state index in [0.29, 0.717) is 6.04 Å². The van der Waals surface area contributed by atoms with Gasteiger partial charge in [0, 0.05) is 22.8 Å². The highest BCUT2D eigenvalue weighted by atomic mass is 32.1. The van der Waals surface area contributed by atoms with Crippen LogP contribution in [0.15, 0.2) is 35.8 Å². The van der Waals surface area contributed by atoms with Crippen LogP contribution in [0.3, 0.4) is 0 Å². The predicted molar refractivity (Wildman–Crippen MR) is 73.4 cm³/mol. The molecule has 0 spiro atoms. The highest BCUT2D eigenvalue weighted by molar-refractivity contribution is 7.09. The summed E-state index contributed by atoms with van der Waals surface area (Å²) in [6.07, 6.45) is 4.14. The van der Waals surface area contributed by atoms with Crippen LogP contribution >= 0.6 is 11.3 Å². The first kappa shape index (κ1) is 12.3. The van der Waals surface area contributed by atoms with Gasteiger partial charge in [0.1, 0.15) is 0 Å². The summed E-state index contributed by atoms with van der Waals surface area (Å²) in [5, 5.41) is 5.52. The summed E-state index contributed by atoms with van der Waals surface area (Å²) in [7, 11) is 2.02. The van der Waals surface area contributed by atoms with Crippen molar-refractivity contribution in [3.63, 3.8) is 0 Å². The minimum atomic E-state index is 0.416. The van der Waals surface area contributed by atoms with Crippen molar-refractivity contribution in [2.75, 3.05) is 7.05 Å². The van der Waals surface area contributed by atoms with Crippen LogP contribution < -0.4 is 5.32 Å². The zero-order valence-electron chi connectivity index (χ0n) is 10.3. The molecule has 0 saturated heterocycles. The third-order valence-electron chi connectivity index (χ3n) is 2.93. The van der Waals surface area contributed by atoms with Crippen molar-refractivity contribution in [1.82, 2.24) is 10.3 Å². The molecule has 0 fully saturated rings. The first-order chi connectivity index (χ1) is 8.29. The molecule has 1 N–H and O–H groups in total. The maximum Gasteiger partial charge on any atom is 0.0375 e. The quantitative estimate of drug-likeness (QED) is 0.875. The third kappa shape index (κ3) is 3.38. The molecule has 1 atom stereocenters. The Morgan fingerprint density at radius 3 is 2.94 bits per heavy atom. The maximum atomic E-state index is 4.24. The lowest BCUT2D eigenvalue weighted by atomic mass is 10.0. The van der Waals surface area contributed by atoms with Crippen LogP contribution in [0.2, 0.25) is 0 Å². The van der Waals surface area contributed by atoms with E-state index in [4.69, 9.17) is 0 Å². The largest absolute Gasteiger partial charge is 0.313 e. The lowest BCUT2D eigenvalue weighted by molar-refractivity contribution is 0.550. The molecular formula is C14H18N2S. The van der Waals surface area contributed by atoms with Crippen LogP contribution in [0.5, 0.6) is 0 Å². The Bertz CT molecular complexity index is 451. The van der Waals surface area contributed by atoms with Gasteiger partial charge in [-0.25, -0.2) is 0 Å². The number of nitrogens with zero attached hydrogens (tertiary/aromatic N) is 1. The fourth-order valence-corrected chi connectivity index (χ4v) is 2.73.